The largest absolute Gasteiger partial charge is 0.442 e. The lowest BCUT2D eigenvalue weighted by molar-refractivity contribution is 0.0514. The molecule has 9 heteroatoms. The summed E-state index contributed by atoms with van der Waals surface area (Å²) in [4.78, 5) is 20.6. The number of nitrogens with one attached hydrogen (secondary N) is 1. The number of carbonyl (C=O) groups excluding carboxylic acids is 1. The van der Waals surface area contributed by atoms with E-state index < -0.39 is 11.7 Å². The van der Waals surface area contributed by atoms with Crippen LogP contribution >= 0.6 is 11.6 Å². The Kier molecular flexibility index (Phi) is 4.97. The smallest absolute Gasteiger partial charge is 0.435 e. The van der Waals surface area contributed by atoms with Crippen molar-refractivity contribution in [3.8, 4) is 11.1 Å². The Labute approximate surface area is 172 Å². The molecule has 8 nitrogen and oxygen atoms in total. The van der Waals surface area contributed by atoms with Gasteiger partial charge in [-0.25, -0.2) is 14.8 Å². The molecule has 0 spiro atoms. The Morgan fingerprint density at radius 2 is 1.93 bits per heavy atom. The van der Waals surface area contributed by atoms with Crippen molar-refractivity contribution in [2.75, 3.05) is 5.32 Å². The minimum atomic E-state index is -0.578. The number of nitrogens with zero attached hydrogens (tertiary/aromatic N) is 4. The summed E-state index contributed by atoms with van der Waals surface area (Å²) in [5, 5.41) is 7.54. The first-order valence-corrected chi connectivity index (χ1v) is 9.45. The Hall–Kier alpha value is -2.97. The predicted molar refractivity (Wildman–Crippen MR) is 108 cm³/mol. The maximum atomic E-state index is 12.1. The lowest BCUT2D eigenvalue weighted by atomic mass is 10.1. The molecule has 0 saturated carbocycles. The van der Waals surface area contributed by atoms with Crippen molar-refractivity contribution in [1.82, 2.24) is 19.7 Å². The zero-order valence-electron chi connectivity index (χ0n) is 16.3. The number of halogens is 1. The van der Waals surface area contributed by atoms with Gasteiger partial charge in [-0.2, -0.15) is 9.78 Å². The summed E-state index contributed by atoms with van der Waals surface area (Å²) in [7, 11) is 0. The van der Waals surface area contributed by atoms with Crippen molar-refractivity contribution in [2.45, 2.75) is 39.6 Å². The van der Waals surface area contributed by atoms with E-state index in [1.54, 1.807) is 12.4 Å². The first kappa shape index (κ1) is 19.4. The molecule has 0 bridgehead atoms. The van der Waals surface area contributed by atoms with Gasteiger partial charge in [0.1, 0.15) is 11.4 Å². The van der Waals surface area contributed by atoms with Gasteiger partial charge < -0.3 is 14.8 Å². The molecule has 0 unspecified atom stereocenters. The van der Waals surface area contributed by atoms with E-state index in [1.165, 1.54) is 4.68 Å². The van der Waals surface area contributed by atoms with Crippen LogP contribution in [0.4, 0.5) is 16.3 Å². The number of anilines is 2. The second-order valence-corrected chi connectivity index (χ2v) is 7.95. The molecule has 1 aromatic carbocycles. The fourth-order valence-corrected chi connectivity index (χ4v) is 3.07. The second-order valence-electron chi connectivity index (χ2n) is 7.62. The van der Waals surface area contributed by atoms with Gasteiger partial charge in [-0.05, 0) is 50.1 Å². The second kappa shape index (κ2) is 7.46. The minimum absolute atomic E-state index is 0.183. The van der Waals surface area contributed by atoms with Crippen molar-refractivity contribution in [3.63, 3.8) is 0 Å². The number of rotatable bonds is 3. The van der Waals surface area contributed by atoms with E-state index in [-0.39, 0.29) is 5.28 Å². The number of carbonyl (C=O) groups is 1. The van der Waals surface area contributed by atoms with Crippen LogP contribution in [0, 0.1) is 0 Å². The highest BCUT2D eigenvalue weighted by Gasteiger charge is 2.20. The molecule has 0 aliphatic carbocycles. The van der Waals surface area contributed by atoms with Crippen molar-refractivity contribution >= 4 is 29.2 Å². The molecule has 0 amide bonds. The number of benzene rings is 1. The predicted octanol–water partition coefficient (Wildman–Crippen LogP) is 4.55. The lowest BCUT2D eigenvalue weighted by Crippen LogP contribution is -2.27. The summed E-state index contributed by atoms with van der Waals surface area (Å²) >= 11 is 6.00. The van der Waals surface area contributed by atoms with Crippen LogP contribution in [0.1, 0.15) is 32.0 Å². The molecule has 29 heavy (non-hydrogen) atoms. The fourth-order valence-electron chi connectivity index (χ4n) is 2.89. The van der Waals surface area contributed by atoms with Crippen LogP contribution < -0.4 is 5.32 Å². The first-order chi connectivity index (χ1) is 13.8. The molecule has 4 rings (SSSR count). The Bertz CT molecular complexity index is 1060. The van der Waals surface area contributed by atoms with E-state index in [0.717, 1.165) is 28.1 Å². The van der Waals surface area contributed by atoms with Crippen molar-refractivity contribution < 1.29 is 14.3 Å². The van der Waals surface area contributed by atoms with E-state index in [4.69, 9.17) is 21.1 Å². The minimum Gasteiger partial charge on any atom is -0.442 e. The van der Waals surface area contributed by atoms with Gasteiger partial charge in [0.15, 0.2) is 0 Å². The van der Waals surface area contributed by atoms with E-state index >= 15 is 0 Å². The van der Waals surface area contributed by atoms with E-state index in [9.17, 15) is 4.79 Å². The molecule has 0 fully saturated rings. The van der Waals surface area contributed by atoms with Crippen LogP contribution in [0.5, 0.6) is 0 Å². The van der Waals surface area contributed by atoms with Crippen molar-refractivity contribution in [3.05, 3.63) is 53.2 Å². The molecular weight excluding hydrogens is 394 g/mol. The lowest BCUT2D eigenvalue weighted by Gasteiger charge is -2.18. The van der Waals surface area contributed by atoms with Gasteiger partial charge in [-0.1, -0.05) is 12.1 Å². The molecule has 1 aliphatic heterocycles. The highest BCUT2D eigenvalue weighted by Crippen LogP contribution is 2.29. The summed E-state index contributed by atoms with van der Waals surface area (Å²) in [6, 6.07) is 7.69. The molecule has 0 radical (unpaired) electrons. The van der Waals surface area contributed by atoms with Gasteiger partial charge in [0.25, 0.3) is 0 Å². The third kappa shape index (κ3) is 4.38. The zero-order chi connectivity index (χ0) is 20.6. The highest BCUT2D eigenvalue weighted by molar-refractivity contribution is 6.28. The summed E-state index contributed by atoms with van der Waals surface area (Å²) in [6.45, 7) is 6.33. The maximum Gasteiger partial charge on any atom is 0.435 e. The van der Waals surface area contributed by atoms with Crippen LogP contribution in [-0.2, 0) is 22.7 Å². The zero-order valence-corrected chi connectivity index (χ0v) is 17.0. The van der Waals surface area contributed by atoms with Gasteiger partial charge in [0, 0.05) is 23.0 Å². The third-order valence-corrected chi connectivity index (χ3v) is 4.36. The third-order valence-electron chi connectivity index (χ3n) is 4.19. The van der Waals surface area contributed by atoms with Crippen LogP contribution in [0.15, 0.2) is 36.7 Å². The Morgan fingerprint density at radius 3 is 2.66 bits per heavy atom. The maximum absolute atomic E-state index is 12.1. The SMILES string of the molecule is CC(C)(C)OC(=O)n1cc(-c2ccc(Nc3nc(Cl)nc4c3COC4)cc2)cn1. The summed E-state index contributed by atoms with van der Waals surface area (Å²) in [6.07, 6.45) is 2.75. The average molecular weight is 414 g/mol. The molecule has 1 N–H and O–H groups in total. The van der Waals surface area contributed by atoms with Gasteiger partial charge >= 0.3 is 6.09 Å². The topological polar surface area (TPSA) is 91.2 Å². The Morgan fingerprint density at radius 1 is 1.17 bits per heavy atom. The monoisotopic (exact) mass is 413 g/mol. The van der Waals surface area contributed by atoms with Crippen molar-refractivity contribution in [2.24, 2.45) is 0 Å². The van der Waals surface area contributed by atoms with Crippen LogP contribution in [0.25, 0.3) is 11.1 Å². The van der Waals surface area contributed by atoms with Gasteiger partial charge in [0.2, 0.25) is 5.28 Å². The van der Waals surface area contributed by atoms with Gasteiger partial charge in [-0.15, -0.1) is 0 Å². The quantitative estimate of drug-likeness (QED) is 0.629. The molecule has 150 valence electrons. The van der Waals surface area contributed by atoms with E-state index in [2.05, 4.69) is 20.4 Å². The molecule has 0 atom stereocenters. The standard InChI is InChI=1S/C20H20ClN5O3/c1-20(2,3)29-19(27)26-9-13(8-22-26)12-4-6-14(7-5-12)23-17-15-10-28-11-16(15)24-18(21)25-17/h4-9H,10-11H2,1-3H3,(H,23,24,25). The highest BCUT2D eigenvalue weighted by atomic mass is 35.5. The van der Waals surface area contributed by atoms with Crippen LogP contribution in [0.2, 0.25) is 5.28 Å². The first-order valence-electron chi connectivity index (χ1n) is 9.07. The normalized spacial score (nSPS) is 13.2. The van der Waals surface area contributed by atoms with E-state index in [0.29, 0.717) is 19.0 Å². The number of fused-ring (bicyclic) bond motifs is 1. The number of ether oxygens (including phenoxy) is 2. The van der Waals surface area contributed by atoms with Crippen LogP contribution in [-0.4, -0.2) is 31.4 Å². The number of hydrogen-bond acceptors (Lipinski definition) is 7. The summed E-state index contributed by atoms with van der Waals surface area (Å²) < 4.78 is 11.9. The van der Waals surface area contributed by atoms with E-state index in [1.807, 2.05) is 45.0 Å². The van der Waals surface area contributed by atoms with Crippen molar-refractivity contribution in [1.29, 1.82) is 0 Å². The molecular formula is C20H20ClN5O3. The number of hydrogen-bond donors (Lipinski definition) is 1. The molecule has 1 aliphatic rings. The average Bonchev–Trinajstić information content (AvgIpc) is 3.30. The Balaban J connectivity index is 1.50. The molecule has 2 aromatic heterocycles. The van der Waals surface area contributed by atoms with Gasteiger partial charge in [0.05, 0.1) is 25.1 Å². The fraction of sp³-hybridized carbons (Fsp3) is 0.300. The van der Waals surface area contributed by atoms with Gasteiger partial charge in [-0.3, -0.25) is 0 Å². The molecule has 0 saturated heterocycles. The van der Waals surface area contributed by atoms with Crippen LogP contribution in [0.3, 0.4) is 0 Å². The molecule has 3 heterocycles. The number of aromatic nitrogens is 4. The molecule has 3 aromatic rings. The summed E-state index contributed by atoms with van der Waals surface area (Å²) in [5.41, 5.74) is 3.71. The summed E-state index contributed by atoms with van der Waals surface area (Å²) in [5.74, 6) is 0.642.